The highest BCUT2D eigenvalue weighted by Crippen LogP contribution is 2.62. The molecule has 2 heterocycles. The monoisotopic (exact) mass is 726 g/mol. The summed E-state index contributed by atoms with van der Waals surface area (Å²) < 4.78 is 0. The molecule has 2 aliphatic heterocycles. The quantitative estimate of drug-likeness (QED) is 0.182. The molecule has 1 saturated carbocycles. The molecular weight excluding hydrogens is 675 g/mol. The van der Waals surface area contributed by atoms with Gasteiger partial charge in [0.1, 0.15) is 0 Å². The summed E-state index contributed by atoms with van der Waals surface area (Å²) in [4.78, 5) is 2.88. The van der Waals surface area contributed by atoms with E-state index in [1.165, 1.54) is 108 Å². The van der Waals surface area contributed by atoms with Gasteiger partial charge in [0.15, 0.2) is 7.28 Å². The Labute approximate surface area is 333 Å². The number of hydrogen-bond acceptors (Lipinski definition) is 2. The molecule has 0 saturated heterocycles. The lowest BCUT2D eigenvalue weighted by molar-refractivity contribution is 0.195. The first-order valence-corrected chi connectivity index (χ1v) is 20.9. The highest BCUT2D eigenvalue weighted by Gasteiger charge is 2.60. The van der Waals surface area contributed by atoms with Gasteiger partial charge in [-0.15, -0.1) is 0 Å². The first-order valence-electron chi connectivity index (χ1n) is 20.9. The minimum atomic E-state index is -0.0646. The van der Waals surface area contributed by atoms with Crippen LogP contribution < -0.4 is 21.1 Å². The first-order chi connectivity index (χ1) is 26.9. The van der Waals surface area contributed by atoms with Crippen LogP contribution in [0.2, 0.25) is 0 Å². The summed E-state index contributed by atoms with van der Waals surface area (Å²) in [5.41, 5.74) is 19.3. The zero-order valence-electron chi connectivity index (χ0n) is 34.0. The van der Waals surface area contributed by atoms with E-state index in [0.717, 1.165) is 18.7 Å². The van der Waals surface area contributed by atoms with Crippen molar-refractivity contribution in [2.75, 3.05) is 10.2 Å². The summed E-state index contributed by atoms with van der Waals surface area (Å²) >= 11 is 0. The van der Waals surface area contributed by atoms with Crippen LogP contribution in [0.1, 0.15) is 96.4 Å². The fraction of sp³-hybridized carbons (Fsp3) is 0.283. The predicted octanol–water partition coefficient (Wildman–Crippen LogP) is 12.5. The Kier molecular flexibility index (Phi) is 6.93. The number of rotatable bonds is 3. The van der Waals surface area contributed by atoms with E-state index in [-0.39, 0.29) is 21.8 Å². The molecule has 276 valence electrons. The van der Waals surface area contributed by atoms with E-state index in [0.29, 0.717) is 0 Å². The molecule has 4 aliphatic rings. The van der Waals surface area contributed by atoms with Crippen LogP contribution in [0.5, 0.6) is 0 Å². The Hall–Kier alpha value is -5.28. The van der Waals surface area contributed by atoms with Crippen molar-refractivity contribution in [1.29, 1.82) is 0 Å². The van der Waals surface area contributed by atoms with Gasteiger partial charge in [-0.1, -0.05) is 151 Å². The Morgan fingerprint density at radius 2 is 1.27 bits per heavy atom. The van der Waals surface area contributed by atoms with Gasteiger partial charge in [0, 0.05) is 44.5 Å². The van der Waals surface area contributed by atoms with Crippen molar-refractivity contribution < 1.29 is 0 Å². The van der Waals surface area contributed by atoms with Crippen LogP contribution in [-0.4, -0.2) is 12.8 Å². The molecular formula is C53H51BN2. The molecule has 0 radical (unpaired) electrons. The topological polar surface area (TPSA) is 15.3 Å². The van der Waals surface area contributed by atoms with Crippen molar-refractivity contribution in [3.63, 3.8) is 0 Å². The molecule has 2 unspecified atom stereocenters. The average molecular weight is 727 g/mol. The van der Waals surface area contributed by atoms with Crippen molar-refractivity contribution in [2.24, 2.45) is 0 Å². The summed E-state index contributed by atoms with van der Waals surface area (Å²) in [6.07, 6.45) is 4.99. The SMILES string of the molecule is CC(C)(C)c1cc2c3c(c1)C1(C)CCCCC1(C)N3c1c(c(-c3cc4ccccc4cc3Nc3ccc4c(c3)C(C)(C)c3ccccc3-4)cc3ccccc13)B2. The zero-order valence-corrected chi connectivity index (χ0v) is 34.0. The number of anilines is 4. The van der Waals surface area contributed by atoms with Crippen molar-refractivity contribution in [3.8, 4) is 22.3 Å². The van der Waals surface area contributed by atoms with Gasteiger partial charge in [0.25, 0.3) is 0 Å². The summed E-state index contributed by atoms with van der Waals surface area (Å²) in [6, 6.07) is 46.5. The van der Waals surface area contributed by atoms with E-state index in [1.54, 1.807) is 5.56 Å². The minimum Gasteiger partial charge on any atom is -0.355 e. The Balaban J connectivity index is 1.16. The third kappa shape index (κ3) is 4.52. The zero-order chi connectivity index (χ0) is 38.4. The number of benzene rings is 7. The van der Waals surface area contributed by atoms with Gasteiger partial charge in [-0.25, -0.2) is 0 Å². The van der Waals surface area contributed by atoms with E-state index in [9.17, 15) is 0 Å². The van der Waals surface area contributed by atoms with Crippen LogP contribution in [-0.2, 0) is 16.2 Å². The van der Waals surface area contributed by atoms with Crippen LogP contribution in [0.3, 0.4) is 0 Å². The van der Waals surface area contributed by atoms with Gasteiger partial charge in [-0.05, 0) is 116 Å². The predicted molar refractivity (Wildman–Crippen MR) is 242 cm³/mol. The van der Waals surface area contributed by atoms with E-state index >= 15 is 0 Å². The highest BCUT2D eigenvalue weighted by atomic mass is 15.3. The first kappa shape index (κ1) is 34.0. The Morgan fingerprint density at radius 1 is 0.589 bits per heavy atom. The Bertz CT molecular complexity index is 2820. The van der Waals surface area contributed by atoms with Gasteiger partial charge in [-0.3, -0.25) is 0 Å². The lowest BCUT2D eigenvalue weighted by atomic mass is 9.56. The maximum atomic E-state index is 4.04. The molecule has 7 aromatic carbocycles. The van der Waals surface area contributed by atoms with E-state index < -0.39 is 0 Å². The second-order valence-electron chi connectivity index (χ2n) is 19.4. The molecule has 0 aromatic heterocycles. The summed E-state index contributed by atoms with van der Waals surface area (Å²) in [6.45, 7) is 17.1. The highest BCUT2D eigenvalue weighted by molar-refractivity contribution is 6.74. The smallest absolute Gasteiger partial charge is 0.198 e. The van der Waals surface area contributed by atoms with Crippen molar-refractivity contribution in [1.82, 2.24) is 0 Å². The van der Waals surface area contributed by atoms with E-state index in [1.807, 2.05) is 0 Å². The number of fused-ring (bicyclic) bond motifs is 11. The van der Waals surface area contributed by atoms with Crippen LogP contribution >= 0.6 is 0 Å². The number of nitrogens with zero attached hydrogens (tertiary/aromatic N) is 1. The normalized spacial score (nSPS) is 21.2. The maximum Gasteiger partial charge on any atom is 0.198 e. The standard InChI is InChI=1S/C53H51BN2/c1-50(2,3)35-29-44-49-45(30-35)54-47-41(27-34-18-10-11-19-37(34)48(47)56(49)53(7)25-15-14-24-52(44,53)6)40-26-32-16-8-9-17-33(32)28-46(40)55-36-22-23-39-38-20-12-13-21-42(38)51(4,5)43(39)31-36/h8-13,16-23,26-31,54-55H,14-15,24-25H2,1-7H3. The molecule has 3 heteroatoms. The second kappa shape index (κ2) is 11.4. The van der Waals surface area contributed by atoms with Gasteiger partial charge in [-0.2, -0.15) is 0 Å². The van der Waals surface area contributed by atoms with Crippen LogP contribution in [0, 0.1) is 0 Å². The van der Waals surface area contributed by atoms with Crippen LogP contribution in [0.15, 0.2) is 121 Å². The Morgan fingerprint density at radius 3 is 2.07 bits per heavy atom. The lowest BCUT2D eigenvalue weighted by Gasteiger charge is -2.51. The third-order valence-corrected chi connectivity index (χ3v) is 14.9. The average Bonchev–Trinajstić information content (AvgIpc) is 3.55. The minimum absolute atomic E-state index is 0.0192. The molecule has 0 spiro atoms. The van der Waals surface area contributed by atoms with E-state index in [4.69, 9.17) is 0 Å². The molecule has 2 atom stereocenters. The van der Waals surface area contributed by atoms with E-state index in [2.05, 4.69) is 180 Å². The summed E-state index contributed by atoms with van der Waals surface area (Å²) in [5, 5.41) is 9.23. The largest absolute Gasteiger partial charge is 0.355 e. The van der Waals surface area contributed by atoms with Gasteiger partial charge < -0.3 is 10.2 Å². The maximum absolute atomic E-state index is 4.04. The van der Waals surface area contributed by atoms with Gasteiger partial charge in [0.2, 0.25) is 0 Å². The van der Waals surface area contributed by atoms with Crippen LogP contribution in [0.4, 0.5) is 22.7 Å². The molecule has 1 fully saturated rings. The van der Waals surface area contributed by atoms with Crippen molar-refractivity contribution in [3.05, 3.63) is 144 Å². The van der Waals surface area contributed by atoms with Crippen molar-refractivity contribution in [2.45, 2.75) is 95.9 Å². The molecule has 2 aliphatic carbocycles. The number of hydrogen-bond donors (Lipinski definition) is 1. The fourth-order valence-corrected chi connectivity index (χ4v) is 11.6. The van der Waals surface area contributed by atoms with Gasteiger partial charge in [0.05, 0.1) is 5.54 Å². The van der Waals surface area contributed by atoms with Crippen LogP contribution in [0.25, 0.3) is 43.8 Å². The van der Waals surface area contributed by atoms with Gasteiger partial charge >= 0.3 is 0 Å². The third-order valence-electron chi connectivity index (χ3n) is 14.9. The fourth-order valence-electron chi connectivity index (χ4n) is 11.6. The molecule has 2 nitrogen and oxygen atoms in total. The molecule has 11 rings (SSSR count). The molecule has 7 aromatic rings. The molecule has 1 N–H and O–H groups in total. The summed E-state index contributed by atoms with van der Waals surface area (Å²) in [5.74, 6) is 0. The molecule has 0 bridgehead atoms. The molecule has 0 amide bonds. The van der Waals surface area contributed by atoms with Crippen molar-refractivity contribution >= 4 is 62.5 Å². The number of nitrogens with one attached hydrogen (secondary N) is 1. The lowest BCUT2D eigenvalue weighted by Crippen LogP contribution is -2.57. The molecule has 56 heavy (non-hydrogen) atoms. The summed E-state index contributed by atoms with van der Waals surface area (Å²) in [7, 11) is 0.919. The second-order valence-corrected chi connectivity index (χ2v) is 19.4.